The molecular formula is C22H27BrO2. The summed E-state index contributed by atoms with van der Waals surface area (Å²) in [6.07, 6.45) is 10.7. The van der Waals surface area contributed by atoms with Gasteiger partial charge < -0.3 is 0 Å². The van der Waals surface area contributed by atoms with Crippen LogP contribution in [0.15, 0.2) is 33.9 Å². The highest BCUT2D eigenvalue weighted by atomic mass is 79.9. The first kappa shape index (κ1) is 17.5. The van der Waals surface area contributed by atoms with Gasteiger partial charge in [-0.2, -0.15) is 0 Å². The zero-order valence-corrected chi connectivity index (χ0v) is 17.2. The van der Waals surface area contributed by atoms with Crippen molar-refractivity contribution in [2.45, 2.75) is 53.4 Å². The molecule has 2 nitrogen and oxygen atoms in total. The van der Waals surface area contributed by atoms with Crippen LogP contribution in [0.2, 0.25) is 0 Å². The van der Waals surface area contributed by atoms with Crippen LogP contribution in [0.1, 0.15) is 53.4 Å². The van der Waals surface area contributed by atoms with Crippen LogP contribution in [0.3, 0.4) is 0 Å². The molecule has 3 heteroatoms. The van der Waals surface area contributed by atoms with E-state index in [4.69, 9.17) is 0 Å². The number of carbonyl (C=O) groups excluding carboxylic acids is 2. The highest BCUT2D eigenvalue weighted by Gasteiger charge is 2.57. The molecule has 2 saturated carbocycles. The average molecular weight is 403 g/mol. The Hall–Kier alpha value is -0.960. The van der Waals surface area contributed by atoms with Gasteiger partial charge in [0.05, 0.1) is 4.48 Å². The molecule has 0 amide bonds. The van der Waals surface area contributed by atoms with Gasteiger partial charge in [-0.1, -0.05) is 31.6 Å². The van der Waals surface area contributed by atoms with Crippen molar-refractivity contribution in [1.29, 1.82) is 0 Å². The third-order valence-electron chi connectivity index (χ3n) is 7.82. The summed E-state index contributed by atoms with van der Waals surface area (Å²) in [5.74, 6) is 2.20. The molecule has 4 aliphatic rings. The summed E-state index contributed by atoms with van der Waals surface area (Å²) < 4.78 is 0.689. The lowest BCUT2D eigenvalue weighted by Crippen LogP contribution is -2.46. The van der Waals surface area contributed by atoms with Crippen molar-refractivity contribution in [2.75, 3.05) is 0 Å². The maximum Gasteiger partial charge on any atom is 0.192 e. The second-order valence-electron chi connectivity index (χ2n) is 9.12. The molecule has 4 aliphatic carbocycles. The van der Waals surface area contributed by atoms with E-state index in [1.165, 1.54) is 11.1 Å². The van der Waals surface area contributed by atoms with Crippen molar-refractivity contribution in [3.8, 4) is 0 Å². The van der Waals surface area contributed by atoms with Crippen LogP contribution in [0.25, 0.3) is 0 Å². The lowest BCUT2D eigenvalue weighted by molar-refractivity contribution is -0.124. The summed E-state index contributed by atoms with van der Waals surface area (Å²) >= 11 is 3.48. The van der Waals surface area contributed by atoms with Gasteiger partial charge in [0, 0.05) is 11.3 Å². The number of hydrogen-bond donors (Lipinski definition) is 0. The van der Waals surface area contributed by atoms with Crippen LogP contribution in [0, 0.1) is 34.5 Å². The number of halogens is 1. The van der Waals surface area contributed by atoms with Gasteiger partial charge in [-0.15, -0.1) is 0 Å². The van der Waals surface area contributed by atoms with E-state index in [0.29, 0.717) is 28.0 Å². The highest BCUT2D eigenvalue weighted by molar-refractivity contribution is 9.12. The maximum atomic E-state index is 12.2. The van der Waals surface area contributed by atoms with E-state index < -0.39 is 0 Å². The minimum Gasteiger partial charge on any atom is -0.300 e. The number of fused-ring (bicyclic) bond motifs is 5. The molecule has 2 fully saturated rings. The number of ketones is 2. The standard InChI is InChI=1S/C22H27BrO2/c1-12-9-14-16-6-5-15(13(2)24)21(16,3)8-7-17(14)22(4)11-19(23)20(25)10-18(12)22/h7,10-12,14-16H,5-6,8-9H2,1-4H3/t12-,14+,15-,16+,21-,22-/m1/s1. The molecule has 4 rings (SSSR count). The second kappa shape index (κ2) is 5.52. The van der Waals surface area contributed by atoms with E-state index in [1.807, 2.05) is 6.08 Å². The first-order chi connectivity index (χ1) is 11.7. The Labute approximate surface area is 159 Å². The van der Waals surface area contributed by atoms with Gasteiger partial charge in [-0.25, -0.2) is 0 Å². The molecule has 0 aromatic heterocycles. The summed E-state index contributed by atoms with van der Waals surface area (Å²) in [7, 11) is 0. The van der Waals surface area contributed by atoms with Crippen molar-refractivity contribution in [3.05, 3.63) is 33.9 Å². The lowest BCUT2D eigenvalue weighted by Gasteiger charge is -2.54. The second-order valence-corrected chi connectivity index (χ2v) is 9.97. The number of carbonyl (C=O) groups is 2. The predicted molar refractivity (Wildman–Crippen MR) is 103 cm³/mol. The van der Waals surface area contributed by atoms with Crippen LogP contribution >= 0.6 is 15.9 Å². The van der Waals surface area contributed by atoms with Crippen molar-refractivity contribution < 1.29 is 9.59 Å². The van der Waals surface area contributed by atoms with Crippen molar-refractivity contribution >= 4 is 27.5 Å². The van der Waals surface area contributed by atoms with E-state index in [9.17, 15) is 9.59 Å². The van der Waals surface area contributed by atoms with Crippen LogP contribution in [0.4, 0.5) is 0 Å². The number of hydrogen-bond acceptors (Lipinski definition) is 2. The molecule has 0 heterocycles. The first-order valence-electron chi connectivity index (χ1n) is 9.54. The molecule has 0 aliphatic heterocycles. The molecule has 0 aromatic rings. The normalized spacial score (nSPS) is 45.6. The fourth-order valence-corrected chi connectivity index (χ4v) is 7.22. The van der Waals surface area contributed by atoms with Gasteiger partial charge in [0.2, 0.25) is 0 Å². The molecular weight excluding hydrogens is 376 g/mol. The Morgan fingerprint density at radius 1 is 1.24 bits per heavy atom. The zero-order chi connectivity index (χ0) is 18.1. The van der Waals surface area contributed by atoms with Crippen LogP contribution in [0.5, 0.6) is 0 Å². The molecule has 0 bridgehead atoms. The third kappa shape index (κ3) is 2.27. The van der Waals surface area contributed by atoms with Gasteiger partial charge >= 0.3 is 0 Å². The fraction of sp³-hybridized carbons (Fsp3) is 0.636. The molecule has 0 unspecified atom stereocenters. The highest BCUT2D eigenvalue weighted by Crippen LogP contribution is 2.65. The quantitative estimate of drug-likeness (QED) is 0.551. The van der Waals surface area contributed by atoms with Crippen LogP contribution < -0.4 is 0 Å². The van der Waals surface area contributed by atoms with Gasteiger partial charge in [0.1, 0.15) is 5.78 Å². The SMILES string of the molecule is CC(=O)[C@H]1CC[C@H]2[C@@H]3C[C@@H](C)C4=CC(=O)C(Br)=C[C@]4(C)C3=CC[C@]12C. The Morgan fingerprint density at radius 2 is 1.96 bits per heavy atom. The lowest BCUT2D eigenvalue weighted by atomic mass is 9.50. The molecule has 0 N–H and O–H groups in total. The Kier molecular flexibility index (Phi) is 3.85. The summed E-state index contributed by atoms with van der Waals surface area (Å²) in [5.41, 5.74) is 2.73. The topological polar surface area (TPSA) is 34.1 Å². The molecule has 0 aromatic carbocycles. The number of allylic oxidation sites excluding steroid dienone is 6. The van der Waals surface area contributed by atoms with Gasteiger partial charge in [0.15, 0.2) is 5.78 Å². The molecule has 6 atom stereocenters. The first-order valence-corrected chi connectivity index (χ1v) is 10.3. The summed E-state index contributed by atoms with van der Waals surface area (Å²) in [4.78, 5) is 24.4. The maximum absolute atomic E-state index is 12.2. The van der Waals surface area contributed by atoms with E-state index in [1.54, 1.807) is 6.92 Å². The summed E-state index contributed by atoms with van der Waals surface area (Å²) in [5, 5.41) is 0. The Morgan fingerprint density at radius 3 is 2.64 bits per heavy atom. The van der Waals surface area contributed by atoms with E-state index >= 15 is 0 Å². The van der Waals surface area contributed by atoms with Gasteiger partial charge in [-0.3, -0.25) is 9.59 Å². The monoisotopic (exact) mass is 402 g/mol. The molecule has 0 radical (unpaired) electrons. The molecule has 25 heavy (non-hydrogen) atoms. The van der Waals surface area contributed by atoms with E-state index in [2.05, 4.69) is 48.9 Å². The molecule has 0 spiro atoms. The number of rotatable bonds is 1. The molecule has 134 valence electrons. The Bertz CT molecular complexity index is 758. The van der Waals surface area contributed by atoms with Crippen LogP contribution in [-0.2, 0) is 9.59 Å². The largest absolute Gasteiger partial charge is 0.300 e. The Balaban J connectivity index is 1.81. The van der Waals surface area contributed by atoms with Crippen molar-refractivity contribution in [1.82, 2.24) is 0 Å². The summed E-state index contributed by atoms with van der Waals surface area (Å²) in [6.45, 7) is 8.67. The smallest absolute Gasteiger partial charge is 0.192 e. The number of Topliss-reactive ketones (excluding diaryl/α,β-unsaturated/α-hetero) is 1. The van der Waals surface area contributed by atoms with Gasteiger partial charge in [-0.05, 0) is 90.3 Å². The minimum atomic E-state index is -0.148. The third-order valence-corrected chi connectivity index (χ3v) is 8.44. The van der Waals surface area contributed by atoms with Gasteiger partial charge in [0.25, 0.3) is 0 Å². The van der Waals surface area contributed by atoms with E-state index in [-0.39, 0.29) is 22.5 Å². The van der Waals surface area contributed by atoms with Crippen molar-refractivity contribution in [2.24, 2.45) is 34.5 Å². The van der Waals surface area contributed by atoms with Crippen molar-refractivity contribution in [3.63, 3.8) is 0 Å². The zero-order valence-electron chi connectivity index (χ0n) is 15.6. The fourth-order valence-electron chi connectivity index (χ4n) is 6.65. The molecule has 0 saturated heterocycles. The summed E-state index contributed by atoms with van der Waals surface area (Å²) in [6, 6.07) is 0. The van der Waals surface area contributed by atoms with E-state index in [0.717, 1.165) is 25.7 Å². The predicted octanol–water partition coefficient (Wildman–Crippen LogP) is 5.39. The minimum absolute atomic E-state index is 0.0940. The van der Waals surface area contributed by atoms with Crippen LogP contribution in [-0.4, -0.2) is 11.6 Å². The average Bonchev–Trinajstić information content (AvgIpc) is 2.88.